The lowest BCUT2D eigenvalue weighted by Crippen LogP contribution is -2.69. The monoisotopic (exact) mass is 913 g/mol. The van der Waals surface area contributed by atoms with Crippen LogP contribution in [0.25, 0.3) is 0 Å². The zero-order chi connectivity index (χ0) is 48.1. The molecule has 0 spiro atoms. The number of ether oxygens (including phenoxy) is 5. The van der Waals surface area contributed by atoms with Gasteiger partial charge in [-0.05, 0) is 47.9 Å². The molecule has 5 N–H and O–H groups in total. The van der Waals surface area contributed by atoms with Gasteiger partial charge < -0.3 is 49.4 Å². The number of benzene rings is 3. The first-order valence-corrected chi connectivity index (χ1v) is 21.6. The summed E-state index contributed by atoms with van der Waals surface area (Å²) in [6, 6.07) is 22.6. The van der Waals surface area contributed by atoms with Crippen LogP contribution in [0.5, 0.6) is 0 Å². The molecular weight excluding hydrogens is 859 g/mol. The Hall–Kier alpha value is -6.27. The lowest BCUT2D eigenvalue weighted by molar-refractivity contribution is -0.280. The minimum absolute atomic E-state index is 0.0608. The molecule has 1 saturated carbocycles. The molecule has 3 aliphatic rings. The van der Waals surface area contributed by atoms with Crippen LogP contribution in [0.4, 0.5) is 0 Å². The number of fused-ring (bicyclic) bond motifs is 3. The summed E-state index contributed by atoms with van der Waals surface area (Å²) in [5, 5.41) is 49.1. The number of aliphatic hydroxyl groups excluding tert-OH is 2. The first kappa shape index (κ1) is 49.2. The van der Waals surface area contributed by atoms with E-state index in [-0.39, 0.29) is 35.3 Å². The number of hydrogen-bond donors (Lipinski definition) is 5. The molecule has 17 heteroatoms. The number of Topliss-reactive ketones (excluding diaryl/α,β-unsaturated/α-hetero) is 1. The topological polar surface area (TPSA) is 259 Å². The molecule has 0 unspecified atom stereocenters. The highest BCUT2D eigenvalue weighted by Gasteiger charge is 2.65. The van der Waals surface area contributed by atoms with E-state index in [1.807, 2.05) is 0 Å². The smallest absolute Gasteiger partial charge is 0.338 e. The van der Waals surface area contributed by atoms with E-state index in [0.717, 1.165) is 6.92 Å². The molecule has 2 bridgehead atoms. The van der Waals surface area contributed by atoms with E-state index in [1.165, 1.54) is 52.0 Å². The van der Waals surface area contributed by atoms with Gasteiger partial charge in [-0.3, -0.25) is 24.0 Å². The fourth-order valence-electron chi connectivity index (χ4n) is 9.14. The van der Waals surface area contributed by atoms with Gasteiger partial charge in [0, 0.05) is 43.1 Å². The SMILES string of the molecule is CC(=O)O[C@@]12CO[C@@H]1C[C@H](O)[C@H](C)C(=O)[C@H](OC(=O)CCC(=O)O)C1=C(C)[C@@H](OC(=O)[C@H](O)[C@@H](NC(=O)c3ccccc3)c3ccccc3)C[C@@](O)([C@@H](OC(=O)c3ccccc3)C2)C1(C)C. The van der Waals surface area contributed by atoms with Crippen molar-refractivity contribution in [2.45, 2.75) is 121 Å². The Kier molecular flexibility index (Phi) is 15.0. The van der Waals surface area contributed by atoms with Crippen molar-refractivity contribution in [2.24, 2.45) is 11.3 Å². The Labute approximate surface area is 381 Å². The second kappa shape index (κ2) is 20.1. The maximum Gasteiger partial charge on any atom is 0.338 e. The van der Waals surface area contributed by atoms with Gasteiger partial charge in [-0.15, -0.1) is 0 Å². The molecule has 17 nitrogen and oxygen atoms in total. The lowest BCUT2D eigenvalue weighted by atomic mass is 9.56. The summed E-state index contributed by atoms with van der Waals surface area (Å²) in [5.74, 6) is -8.32. The second-order valence-corrected chi connectivity index (χ2v) is 17.6. The Morgan fingerprint density at radius 1 is 0.848 bits per heavy atom. The van der Waals surface area contributed by atoms with E-state index in [0.29, 0.717) is 5.56 Å². The van der Waals surface area contributed by atoms with E-state index in [2.05, 4.69) is 5.32 Å². The third-order valence-electron chi connectivity index (χ3n) is 13.0. The molecule has 1 amide bonds. The van der Waals surface area contributed by atoms with Crippen LogP contribution in [-0.2, 0) is 47.7 Å². The molecular formula is C49H55NO16. The van der Waals surface area contributed by atoms with Gasteiger partial charge in [0.15, 0.2) is 23.6 Å². The van der Waals surface area contributed by atoms with E-state index in [1.54, 1.807) is 66.7 Å². The van der Waals surface area contributed by atoms with Gasteiger partial charge in [-0.2, -0.15) is 0 Å². The number of amides is 1. The summed E-state index contributed by atoms with van der Waals surface area (Å²) in [7, 11) is 0. The fourth-order valence-corrected chi connectivity index (χ4v) is 9.14. The third-order valence-corrected chi connectivity index (χ3v) is 13.0. The van der Waals surface area contributed by atoms with Crippen LogP contribution in [0.2, 0.25) is 0 Å². The number of nitrogens with one attached hydrogen (secondary N) is 1. The molecule has 1 heterocycles. The van der Waals surface area contributed by atoms with Gasteiger partial charge in [0.05, 0.1) is 37.2 Å². The van der Waals surface area contributed by atoms with Crippen LogP contribution < -0.4 is 5.32 Å². The Morgan fingerprint density at radius 2 is 1.44 bits per heavy atom. The molecule has 10 atom stereocenters. The molecule has 3 aromatic carbocycles. The number of carbonyl (C=O) groups is 7. The average Bonchev–Trinajstić information content (AvgIpc) is 3.29. The number of carboxylic acids is 1. The Balaban J connectivity index is 1.52. The Bertz CT molecular complexity index is 2330. The number of esters is 4. The number of carboxylic acid groups (broad SMARTS) is 1. The molecule has 3 aromatic rings. The standard InChI is InChI=1S/C49H55NO16/c1-27-33(52)23-35-48(26-62-35,66-29(3)51)25-36(64-45(59)32-19-13-8-14-20-32)49(61)24-34(28(2)39(47(49,4)5)43(41(27)56)65-38(55)22-21-37(53)54)63-46(60)42(57)40(30-15-9-6-10-16-30)50-44(58)31-17-11-7-12-18-31/h6-20,27,33-36,40,42-43,52,57,61H,21-26H2,1-5H3,(H,50,58)(H,53,54)/t27-,33-,34-,35+,36-,40-,42+,43+,48-,49+/m0/s1. The zero-order valence-corrected chi connectivity index (χ0v) is 37.2. The first-order valence-electron chi connectivity index (χ1n) is 21.6. The quantitative estimate of drug-likeness (QED) is 0.0923. The number of hydrogen-bond acceptors (Lipinski definition) is 15. The average molecular weight is 914 g/mol. The van der Waals surface area contributed by atoms with Crippen LogP contribution in [0.15, 0.2) is 102 Å². The maximum atomic E-state index is 14.8. The van der Waals surface area contributed by atoms with E-state index < -0.39 is 132 Å². The number of carbonyl (C=O) groups excluding carboxylic acids is 6. The van der Waals surface area contributed by atoms with Crippen LogP contribution in [-0.4, -0.2) is 116 Å². The summed E-state index contributed by atoms with van der Waals surface area (Å²) in [6.45, 7) is 6.66. The van der Waals surface area contributed by atoms with Crippen molar-refractivity contribution in [1.82, 2.24) is 5.32 Å². The highest BCUT2D eigenvalue weighted by Crippen LogP contribution is 2.55. The molecule has 2 fully saturated rings. The molecule has 66 heavy (non-hydrogen) atoms. The van der Waals surface area contributed by atoms with Crippen molar-refractivity contribution in [3.05, 3.63) is 119 Å². The highest BCUT2D eigenvalue weighted by atomic mass is 16.6. The number of aliphatic hydroxyl groups is 3. The molecule has 0 aromatic heterocycles. The molecule has 1 aliphatic heterocycles. The molecule has 0 radical (unpaired) electrons. The molecule has 6 rings (SSSR count). The second-order valence-electron chi connectivity index (χ2n) is 17.6. The fraction of sp³-hybridized carbons (Fsp3) is 0.449. The van der Waals surface area contributed by atoms with E-state index in [4.69, 9.17) is 23.7 Å². The zero-order valence-electron chi connectivity index (χ0n) is 37.2. The predicted octanol–water partition coefficient (Wildman–Crippen LogP) is 3.97. The van der Waals surface area contributed by atoms with E-state index in [9.17, 15) is 54.0 Å². The molecule has 2 aliphatic carbocycles. The van der Waals surface area contributed by atoms with Crippen molar-refractivity contribution in [3.63, 3.8) is 0 Å². The summed E-state index contributed by atoms with van der Waals surface area (Å²) < 4.78 is 29.9. The van der Waals surface area contributed by atoms with Gasteiger partial charge in [-0.1, -0.05) is 87.5 Å². The highest BCUT2D eigenvalue weighted by molar-refractivity contribution is 5.95. The lowest BCUT2D eigenvalue weighted by Gasteiger charge is -2.57. The number of ketones is 1. The largest absolute Gasteiger partial charge is 0.481 e. The Morgan fingerprint density at radius 3 is 2.00 bits per heavy atom. The summed E-state index contributed by atoms with van der Waals surface area (Å²) in [6.07, 6.45) is -12.7. The van der Waals surface area contributed by atoms with Gasteiger partial charge in [-0.25, -0.2) is 9.59 Å². The third kappa shape index (κ3) is 10.2. The van der Waals surface area contributed by atoms with Crippen LogP contribution in [0.3, 0.4) is 0 Å². The van der Waals surface area contributed by atoms with Crippen LogP contribution >= 0.6 is 0 Å². The maximum absolute atomic E-state index is 14.8. The number of rotatable bonds is 13. The van der Waals surface area contributed by atoms with Gasteiger partial charge in [0.25, 0.3) is 5.91 Å². The normalized spacial score (nSPS) is 28.0. The van der Waals surface area contributed by atoms with Gasteiger partial charge in [0.2, 0.25) is 0 Å². The minimum Gasteiger partial charge on any atom is -0.481 e. The van der Waals surface area contributed by atoms with Gasteiger partial charge >= 0.3 is 29.8 Å². The summed E-state index contributed by atoms with van der Waals surface area (Å²) >= 11 is 0. The van der Waals surface area contributed by atoms with Crippen molar-refractivity contribution in [2.75, 3.05) is 6.61 Å². The van der Waals surface area contributed by atoms with Crippen molar-refractivity contribution >= 4 is 41.5 Å². The summed E-state index contributed by atoms with van der Waals surface area (Å²) in [4.78, 5) is 94.6. The van der Waals surface area contributed by atoms with Crippen LogP contribution in [0, 0.1) is 11.3 Å². The minimum atomic E-state index is -2.44. The van der Waals surface area contributed by atoms with Gasteiger partial charge in [0.1, 0.15) is 23.9 Å². The van der Waals surface area contributed by atoms with E-state index >= 15 is 0 Å². The predicted molar refractivity (Wildman–Crippen MR) is 231 cm³/mol. The van der Waals surface area contributed by atoms with Crippen molar-refractivity contribution in [1.29, 1.82) is 0 Å². The number of aliphatic carboxylic acids is 1. The summed E-state index contributed by atoms with van der Waals surface area (Å²) in [5.41, 5.74) is -5.37. The first-order chi connectivity index (χ1) is 31.2. The molecule has 352 valence electrons. The van der Waals surface area contributed by atoms with Crippen molar-refractivity contribution in [3.8, 4) is 0 Å². The molecule has 1 saturated heterocycles. The van der Waals surface area contributed by atoms with Crippen molar-refractivity contribution < 1.29 is 77.7 Å². The van der Waals surface area contributed by atoms with Crippen LogP contribution in [0.1, 0.15) is 99.0 Å².